The molecule has 2 saturated heterocycles. The summed E-state index contributed by atoms with van der Waals surface area (Å²) < 4.78 is 5.21. The fraction of sp³-hybridized carbons (Fsp3) is 1.00. The number of hydrogen-bond donors (Lipinski definition) is 2. The highest BCUT2D eigenvalue weighted by Crippen LogP contribution is 2.12. The zero-order valence-corrected chi connectivity index (χ0v) is 8.78. The maximum Gasteiger partial charge on any atom is 0.0948 e. The third-order valence-corrected chi connectivity index (χ3v) is 3.22. The minimum atomic E-state index is -0.311. The highest BCUT2D eigenvalue weighted by atomic mass is 16.5. The van der Waals surface area contributed by atoms with Crippen molar-refractivity contribution in [3.05, 3.63) is 0 Å². The summed E-state index contributed by atoms with van der Waals surface area (Å²) in [5, 5.41) is 13.1. The van der Waals surface area contributed by atoms with Crippen LogP contribution < -0.4 is 5.32 Å². The number of ether oxygens (including phenoxy) is 1. The molecule has 0 amide bonds. The van der Waals surface area contributed by atoms with Gasteiger partial charge in [0.15, 0.2) is 0 Å². The standard InChI is InChI=1S/C10H20N2O2/c1-12-4-2-8(3-5-12)11-9-6-14-7-10(9)13/h8-11,13H,2-7H2,1H3/t9-,10-/m1/s1. The number of rotatable bonds is 2. The van der Waals surface area contributed by atoms with E-state index in [0.29, 0.717) is 19.3 Å². The Balaban J connectivity index is 1.74. The van der Waals surface area contributed by atoms with E-state index in [1.807, 2.05) is 0 Å². The van der Waals surface area contributed by atoms with Crippen LogP contribution in [0, 0.1) is 0 Å². The Morgan fingerprint density at radius 2 is 2.00 bits per heavy atom. The highest BCUT2D eigenvalue weighted by molar-refractivity contribution is 4.86. The van der Waals surface area contributed by atoms with E-state index in [0.717, 1.165) is 13.1 Å². The maximum absolute atomic E-state index is 9.57. The molecule has 2 N–H and O–H groups in total. The Morgan fingerprint density at radius 1 is 1.29 bits per heavy atom. The average molecular weight is 200 g/mol. The van der Waals surface area contributed by atoms with Crippen LogP contribution in [0.25, 0.3) is 0 Å². The van der Waals surface area contributed by atoms with Crippen LogP contribution in [-0.4, -0.2) is 61.5 Å². The van der Waals surface area contributed by atoms with Crippen molar-refractivity contribution >= 4 is 0 Å². The SMILES string of the molecule is CN1CCC(N[C@@H]2COC[C@H]2O)CC1. The van der Waals surface area contributed by atoms with E-state index < -0.39 is 0 Å². The number of piperidine rings is 1. The Hall–Kier alpha value is -0.160. The summed E-state index contributed by atoms with van der Waals surface area (Å²) in [4.78, 5) is 2.35. The second-order valence-corrected chi connectivity index (χ2v) is 4.46. The monoisotopic (exact) mass is 200 g/mol. The summed E-state index contributed by atoms with van der Waals surface area (Å²) in [5.41, 5.74) is 0. The van der Waals surface area contributed by atoms with E-state index >= 15 is 0 Å². The first-order chi connectivity index (χ1) is 6.75. The minimum Gasteiger partial charge on any atom is -0.389 e. The molecule has 2 atom stereocenters. The smallest absolute Gasteiger partial charge is 0.0948 e. The van der Waals surface area contributed by atoms with Gasteiger partial charge in [0.2, 0.25) is 0 Å². The Bertz CT molecular complexity index is 181. The first kappa shape index (κ1) is 10.4. The lowest BCUT2D eigenvalue weighted by molar-refractivity contribution is 0.119. The van der Waals surface area contributed by atoms with Gasteiger partial charge in [0.1, 0.15) is 0 Å². The number of nitrogens with one attached hydrogen (secondary N) is 1. The molecule has 0 spiro atoms. The number of hydrogen-bond acceptors (Lipinski definition) is 4. The third-order valence-electron chi connectivity index (χ3n) is 3.22. The van der Waals surface area contributed by atoms with Gasteiger partial charge >= 0.3 is 0 Å². The van der Waals surface area contributed by atoms with Gasteiger partial charge in [0, 0.05) is 6.04 Å². The predicted octanol–water partition coefficient (Wildman–Crippen LogP) is -0.570. The molecule has 0 aromatic heterocycles. The summed E-state index contributed by atoms with van der Waals surface area (Å²) in [7, 11) is 2.16. The lowest BCUT2D eigenvalue weighted by Crippen LogP contribution is -2.49. The molecule has 0 unspecified atom stereocenters. The maximum atomic E-state index is 9.57. The number of aliphatic hydroxyl groups excluding tert-OH is 1. The van der Waals surface area contributed by atoms with Crippen molar-refractivity contribution in [3.8, 4) is 0 Å². The van der Waals surface area contributed by atoms with Crippen LogP contribution in [0.15, 0.2) is 0 Å². The second-order valence-electron chi connectivity index (χ2n) is 4.46. The topological polar surface area (TPSA) is 44.7 Å². The third kappa shape index (κ3) is 2.45. The van der Waals surface area contributed by atoms with E-state index in [-0.39, 0.29) is 12.1 Å². The van der Waals surface area contributed by atoms with Crippen molar-refractivity contribution in [1.29, 1.82) is 0 Å². The predicted molar refractivity (Wildman–Crippen MR) is 54.3 cm³/mol. The molecular weight excluding hydrogens is 180 g/mol. The van der Waals surface area contributed by atoms with Crippen molar-refractivity contribution in [2.24, 2.45) is 0 Å². The highest BCUT2D eigenvalue weighted by Gasteiger charge is 2.29. The molecule has 0 aromatic carbocycles. The normalized spacial score (nSPS) is 36.4. The van der Waals surface area contributed by atoms with Crippen LogP contribution in [-0.2, 0) is 4.74 Å². The molecule has 2 fully saturated rings. The molecule has 0 bridgehead atoms. The Labute approximate surface area is 85.2 Å². The van der Waals surface area contributed by atoms with Crippen molar-refractivity contribution in [1.82, 2.24) is 10.2 Å². The lowest BCUT2D eigenvalue weighted by atomic mass is 10.0. The number of likely N-dealkylation sites (tertiary alicyclic amines) is 1. The van der Waals surface area contributed by atoms with Gasteiger partial charge < -0.3 is 20.1 Å². The van der Waals surface area contributed by atoms with Crippen LogP contribution in [0.3, 0.4) is 0 Å². The zero-order chi connectivity index (χ0) is 9.97. The van der Waals surface area contributed by atoms with E-state index in [1.165, 1.54) is 12.8 Å². The lowest BCUT2D eigenvalue weighted by Gasteiger charge is -2.31. The molecule has 2 aliphatic rings. The van der Waals surface area contributed by atoms with Gasteiger partial charge in [-0.2, -0.15) is 0 Å². The summed E-state index contributed by atoms with van der Waals surface area (Å²) in [6.07, 6.45) is 2.05. The molecule has 0 aliphatic carbocycles. The first-order valence-corrected chi connectivity index (χ1v) is 5.46. The second kappa shape index (κ2) is 4.57. The molecule has 0 radical (unpaired) electrons. The molecule has 2 heterocycles. The molecule has 2 aliphatic heterocycles. The van der Waals surface area contributed by atoms with Gasteiger partial charge in [-0.15, -0.1) is 0 Å². The summed E-state index contributed by atoms with van der Waals surface area (Å²) in [5.74, 6) is 0. The van der Waals surface area contributed by atoms with Gasteiger partial charge in [-0.3, -0.25) is 0 Å². The molecule has 0 saturated carbocycles. The van der Waals surface area contributed by atoms with Gasteiger partial charge in [0.25, 0.3) is 0 Å². The fourth-order valence-electron chi connectivity index (χ4n) is 2.18. The quantitative estimate of drug-likeness (QED) is 0.626. The summed E-state index contributed by atoms with van der Waals surface area (Å²) >= 11 is 0. The Morgan fingerprint density at radius 3 is 2.57 bits per heavy atom. The van der Waals surface area contributed by atoms with Crippen LogP contribution in [0.5, 0.6) is 0 Å². The van der Waals surface area contributed by atoms with Crippen molar-refractivity contribution in [3.63, 3.8) is 0 Å². The average Bonchev–Trinajstić information content (AvgIpc) is 2.56. The van der Waals surface area contributed by atoms with Crippen molar-refractivity contribution in [2.75, 3.05) is 33.4 Å². The Kier molecular flexibility index (Phi) is 3.38. The molecule has 14 heavy (non-hydrogen) atoms. The van der Waals surface area contributed by atoms with Crippen molar-refractivity contribution < 1.29 is 9.84 Å². The molecular formula is C10H20N2O2. The van der Waals surface area contributed by atoms with Gasteiger partial charge in [-0.1, -0.05) is 0 Å². The number of aliphatic hydroxyl groups is 1. The van der Waals surface area contributed by atoms with Gasteiger partial charge in [0.05, 0.1) is 25.4 Å². The van der Waals surface area contributed by atoms with E-state index in [9.17, 15) is 5.11 Å². The van der Waals surface area contributed by atoms with E-state index in [4.69, 9.17) is 4.74 Å². The fourth-order valence-corrected chi connectivity index (χ4v) is 2.18. The van der Waals surface area contributed by atoms with E-state index in [1.54, 1.807) is 0 Å². The van der Waals surface area contributed by atoms with Crippen LogP contribution >= 0.6 is 0 Å². The first-order valence-electron chi connectivity index (χ1n) is 5.46. The van der Waals surface area contributed by atoms with Crippen LogP contribution in [0.1, 0.15) is 12.8 Å². The van der Waals surface area contributed by atoms with Gasteiger partial charge in [-0.25, -0.2) is 0 Å². The molecule has 82 valence electrons. The summed E-state index contributed by atoms with van der Waals surface area (Å²) in [6, 6.07) is 0.718. The van der Waals surface area contributed by atoms with Crippen LogP contribution in [0.4, 0.5) is 0 Å². The molecule has 4 heteroatoms. The molecule has 2 rings (SSSR count). The molecule has 0 aromatic rings. The zero-order valence-electron chi connectivity index (χ0n) is 8.78. The largest absolute Gasteiger partial charge is 0.389 e. The molecule has 4 nitrogen and oxygen atoms in total. The number of nitrogens with zero attached hydrogens (tertiary/aromatic N) is 1. The van der Waals surface area contributed by atoms with Crippen LogP contribution in [0.2, 0.25) is 0 Å². The van der Waals surface area contributed by atoms with Gasteiger partial charge in [-0.05, 0) is 33.0 Å². The minimum absolute atomic E-state index is 0.156. The van der Waals surface area contributed by atoms with Crippen molar-refractivity contribution in [2.45, 2.75) is 31.0 Å². The van der Waals surface area contributed by atoms with E-state index in [2.05, 4.69) is 17.3 Å². The summed E-state index contributed by atoms with van der Waals surface area (Å²) in [6.45, 7) is 3.46.